The highest BCUT2D eigenvalue weighted by atomic mass is 35.5. The van der Waals surface area contributed by atoms with E-state index in [4.69, 9.17) is 11.6 Å². The summed E-state index contributed by atoms with van der Waals surface area (Å²) in [5, 5.41) is 13.7. The molecule has 35 heavy (non-hydrogen) atoms. The molecule has 5 rings (SSSR count). The number of aryl methyl sites for hydroxylation is 3. The number of carbonyl (C=O) groups excluding carboxylic acids is 1. The van der Waals surface area contributed by atoms with Crippen LogP contribution in [-0.2, 0) is 17.9 Å². The molecule has 0 unspecified atom stereocenters. The van der Waals surface area contributed by atoms with Gasteiger partial charge >= 0.3 is 0 Å². The molecule has 0 aliphatic rings. The first kappa shape index (κ1) is 22.8. The SMILES string of the molecule is Cc1cccc(-c2ccnc3c2c(C)nn3CC(=O)Nc2cc(C)n(Cc3ccccc3Cl)n2)c1. The number of rotatable bonds is 6. The van der Waals surface area contributed by atoms with E-state index in [2.05, 4.69) is 45.6 Å². The highest BCUT2D eigenvalue weighted by Crippen LogP contribution is 2.30. The molecule has 7 nitrogen and oxygen atoms in total. The van der Waals surface area contributed by atoms with E-state index in [0.717, 1.165) is 33.5 Å². The van der Waals surface area contributed by atoms with Gasteiger partial charge in [-0.25, -0.2) is 9.67 Å². The summed E-state index contributed by atoms with van der Waals surface area (Å²) < 4.78 is 3.47. The van der Waals surface area contributed by atoms with Crippen LogP contribution in [0.2, 0.25) is 5.02 Å². The van der Waals surface area contributed by atoms with Crippen LogP contribution >= 0.6 is 11.6 Å². The lowest BCUT2D eigenvalue weighted by Gasteiger charge is -2.07. The first-order chi connectivity index (χ1) is 16.9. The van der Waals surface area contributed by atoms with Gasteiger partial charge in [-0.1, -0.05) is 59.6 Å². The molecule has 0 saturated carbocycles. The Hall–Kier alpha value is -3.97. The molecule has 3 aromatic heterocycles. The molecule has 0 aliphatic heterocycles. The third kappa shape index (κ3) is 4.68. The Labute approximate surface area is 208 Å². The number of nitrogens with one attached hydrogen (secondary N) is 1. The molecule has 0 radical (unpaired) electrons. The molecular weight excluding hydrogens is 460 g/mol. The topological polar surface area (TPSA) is 77.6 Å². The van der Waals surface area contributed by atoms with Crippen molar-refractivity contribution in [3.63, 3.8) is 0 Å². The van der Waals surface area contributed by atoms with Gasteiger partial charge in [-0.2, -0.15) is 10.2 Å². The van der Waals surface area contributed by atoms with Crippen LogP contribution in [0, 0.1) is 20.8 Å². The summed E-state index contributed by atoms with van der Waals surface area (Å²) >= 11 is 6.29. The number of pyridine rings is 1. The molecule has 1 N–H and O–H groups in total. The van der Waals surface area contributed by atoms with Gasteiger partial charge in [0.15, 0.2) is 11.5 Å². The van der Waals surface area contributed by atoms with Crippen molar-refractivity contribution >= 4 is 34.4 Å². The molecule has 0 spiro atoms. The second-order valence-corrected chi connectivity index (χ2v) is 9.05. The van der Waals surface area contributed by atoms with Crippen molar-refractivity contribution in [3.05, 3.63) is 94.4 Å². The fourth-order valence-corrected chi connectivity index (χ4v) is 4.48. The summed E-state index contributed by atoms with van der Waals surface area (Å²) in [6.45, 7) is 6.51. The van der Waals surface area contributed by atoms with Crippen molar-refractivity contribution in [3.8, 4) is 11.1 Å². The van der Waals surface area contributed by atoms with Crippen molar-refractivity contribution in [2.45, 2.75) is 33.9 Å². The average molecular weight is 485 g/mol. The number of benzene rings is 2. The summed E-state index contributed by atoms with van der Waals surface area (Å²) in [5.74, 6) is 0.265. The molecular formula is C27H25ClN6O. The third-order valence-electron chi connectivity index (χ3n) is 5.96. The van der Waals surface area contributed by atoms with E-state index in [1.54, 1.807) is 10.9 Å². The monoisotopic (exact) mass is 484 g/mol. The zero-order valence-corrected chi connectivity index (χ0v) is 20.5. The van der Waals surface area contributed by atoms with Crippen LogP contribution in [0.4, 0.5) is 5.82 Å². The van der Waals surface area contributed by atoms with E-state index >= 15 is 0 Å². The molecule has 0 aliphatic carbocycles. The largest absolute Gasteiger partial charge is 0.308 e. The molecule has 0 bridgehead atoms. The quantitative estimate of drug-likeness (QED) is 0.342. The summed E-state index contributed by atoms with van der Waals surface area (Å²) in [7, 11) is 0. The van der Waals surface area contributed by atoms with E-state index < -0.39 is 0 Å². The summed E-state index contributed by atoms with van der Waals surface area (Å²) in [5.41, 5.74) is 6.73. The van der Waals surface area contributed by atoms with E-state index in [0.29, 0.717) is 23.0 Å². The minimum atomic E-state index is -0.223. The second-order valence-electron chi connectivity index (χ2n) is 8.64. The molecule has 3 heterocycles. The third-order valence-corrected chi connectivity index (χ3v) is 6.33. The van der Waals surface area contributed by atoms with E-state index in [1.807, 2.05) is 61.0 Å². The number of amides is 1. The first-order valence-electron chi connectivity index (χ1n) is 11.4. The first-order valence-corrected chi connectivity index (χ1v) is 11.7. The Morgan fingerprint density at radius 3 is 2.60 bits per heavy atom. The van der Waals surface area contributed by atoms with Crippen molar-refractivity contribution in [1.29, 1.82) is 0 Å². The fourth-order valence-electron chi connectivity index (χ4n) is 4.28. The highest BCUT2D eigenvalue weighted by Gasteiger charge is 2.17. The van der Waals surface area contributed by atoms with E-state index in [-0.39, 0.29) is 12.5 Å². The Bertz CT molecular complexity index is 1550. The van der Waals surface area contributed by atoms with Gasteiger partial charge < -0.3 is 5.32 Å². The van der Waals surface area contributed by atoms with Gasteiger partial charge in [-0.15, -0.1) is 0 Å². The molecule has 5 aromatic rings. The lowest BCUT2D eigenvalue weighted by Crippen LogP contribution is -2.20. The molecule has 0 atom stereocenters. The van der Waals surface area contributed by atoms with Crippen LogP contribution in [0.1, 0.15) is 22.5 Å². The Balaban J connectivity index is 1.36. The maximum atomic E-state index is 12.9. The van der Waals surface area contributed by atoms with Crippen molar-refractivity contribution < 1.29 is 4.79 Å². The molecule has 0 fully saturated rings. The normalized spacial score (nSPS) is 11.2. The predicted molar refractivity (Wildman–Crippen MR) is 139 cm³/mol. The highest BCUT2D eigenvalue weighted by molar-refractivity contribution is 6.31. The summed E-state index contributed by atoms with van der Waals surface area (Å²) in [4.78, 5) is 17.4. The van der Waals surface area contributed by atoms with Gasteiger partial charge in [-0.05, 0) is 49.6 Å². The summed E-state index contributed by atoms with van der Waals surface area (Å²) in [6.07, 6.45) is 1.76. The minimum Gasteiger partial charge on any atom is -0.308 e. The average Bonchev–Trinajstić information content (AvgIpc) is 3.33. The zero-order valence-electron chi connectivity index (χ0n) is 19.8. The lowest BCUT2D eigenvalue weighted by molar-refractivity contribution is -0.116. The molecule has 2 aromatic carbocycles. The molecule has 1 amide bonds. The Morgan fingerprint density at radius 2 is 1.80 bits per heavy atom. The van der Waals surface area contributed by atoms with Crippen LogP contribution in [0.5, 0.6) is 0 Å². The number of nitrogens with zero attached hydrogens (tertiary/aromatic N) is 5. The van der Waals surface area contributed by atoms with Crippen molar-refractivity contribution in [2.75, 3.05) is 5.32 Å². The van der Waals surface area contributed by atoms with Crippen molar-refractivity contribution in [1.82, 2.24) is 24.5 Å². The van der Waals surface area contributed by atoms with Crippen LogP contribution in [0.25, 0.3) is 22.2 Å². The number of fused-ring (bicyclic) bond motifs is 1. The number of hydrogen-bond acceptors (Lipinski definition) is 4. The minimum absolute atomic E-state index is 0.0328. The van der Waals surface area contributed by atoms with Gasteiger partial charge in [0.2, 0.25) is 5.91 Å². The zero-order chi connectivity index (χ0) is 24.5. The number of carbonyl (C=O) groups is 1. The molecule has 176 valence electrons. The summed E-state index contributed by atoms with van der Waals surface area (Å²) in [6, 6.07) is 19.8. The number of hydrogen-bond donors (Lipinski definition) is 1. The maximum absolute atomic E-state index is 12.9. The fraction of sp³-hybridized carbons (Fsp3) is 0.185. The number of anilines is 1. The second kappa shape index (κ2) is 9.35. The van der Waals surface area contributed by atoms with Crippen LogP contribution in [0.3, 0.4) is 0 Å². The number of aromatic nitrogens is 5. The van der Waals surface area contributed by atoms with Crippen LogP contribution in [-0.4, -0.2) is 30.5 Å². The van der Waals surface area contributed by atoms with Gasteiger partial charge in [0, 0.05) is 28.4 Å². The maximum Gasteiger partial charge on any atom is 0.247 e. The number of halogens is 1. The van der Waals surface area contributed by atoms with Crippen molar-refractivity contribution in [2.24, 2.45) is 0 Å². The van der Waals surface area contributed by atoms with Gasteiger partial charge in [-0.3, -0.25) is 9.48 Å². The van der Waals surface area contributed by atoms with Crippen LogP contribution in [0.15, 0.2) is 66.9 Å². The standard InChI is InChI=1S/C27H25ClN6O/c1-17-7-6-9-20(13-17)22-11-12-29-27-26(22)19(3)31-34(27)16-25(35)30-24-14-18(2)33(32-24)15-21-8-4-5-10-23(21)28/h4-14H,15-16H2,1-3H3,(H,30,32,35). The molecule has 8 heteroatoms. The Kier molecular flexibility index (Phi) is 6.09. The predicted octanol–water partition coefficient (Wildman–Crippen LogP) is 5.56. The lowest BCUT2D eigenvalue weighted by atomic mass is 10.0. The Morgan fingerprint density at radius 1 is 0.971 bits per heavy atom. The van der Waals surface area contributed by atoms with Gasteiger partial charge in [0.25, 0.3) is 0 Å². The van der Waals surface area contributed by atoms with Crippen LogP contribution < -0.4 is 5.32 Å². The van der Waals surface area contributed by atoms with Gasteiger partial charge in [0.1, 0.15) is 6.54 Å². The van der Waals surface area contributed by atoms with E-state index in [9.17, 15) is 4.79 Å². The van der Waals surface area contributed by atoms with Gasteiger partial charge in [0.05, 0.1) is 12.2 Å². The smallest absolute Gasteiger partial charge is 0.247 e. The molecule has 0 saturated heterocycles. The van der Waals surface area contributed by atoms with E-state index in [1.165, 1.54) is 5.56 Å².